The molecule has 0 radical (unpaired) electrons. The number of hydrogen-bond acceptors (Lipinski definition) is 4. The number of amides is 1. The van der Waals surface area contributed by atoms with Crippen LogP contribution in [0.2, 0.25) is 0 Å². The summed E-state index contributed by atoms with van der Waals surface area (Å²) in [7, 11) is 0. The van der Waals surface area contributed by atoms with Crippen molar-refractivity contribution in [2.24, 2.45) is 0 Å². The fraction of sp³-hybridized carbons (Fsp3) is 0.267. The molecule has 2 heterocycles. The average molecular weight is 267 g/mol. The van der Waals surface area contributed by atoms with Crippen molar-refractivity contribution in [3.05, 3.63) is 53.0 Å². The minimum absolute atomic E-state index is 0.444. The van der Waals surface area contributed by atoms with Crippen LogP contribution in [-0.2, 0) is 23.2 Å². The molecule has 0 saturated carbocycles. The molecule has 1 aliphatic carbocycles. The lowest BCUT2D eigenvalue weighted by Crippen LogP contribution is -2.40. The van der Waals surface area contributed by atoms with Gasteiger partial charge in [-0.1, -0.05) is 23.8 Å². The van der Waals surface area contributed by atoms with Gasteiger partial charge in [0, 0.05) is 19.0 Å². The lowest BCUT2D eigenvalue weighted by molar-refractivity contribution is 0.0190. The molecule has 1 N–H and O–H groups in total. The van der Waals surface area contributed by atoms with Gasteiger partial charge in [-0.05, 0) is 18.1 Å². The molecule has 0 saturated heterocycles. The molecule has 100 valence electrons. The first-order valence-electron chi connectivity index (χ1n) is 6.55. The first-order chi connectivity index (χ1) is 9.66. The van der Waals surface area contributed by atoms with Gasteiger partial charge in [-0.3, -0.25) is 5.32 Å². The highest BCUT2D eigenvalue weighted by Crippen LogP contribution is 2.45. The maximum atomic E-state index is 11.8. The molecule has 1 aromatic heterocycles. The summed E-state index contributed by atoms with van der Waals surface area (Å²) in [6.45, 7) is 2.07. The third kappa shape index (κ3) is 1.52. The Balaban J connectivity index is 1.86. The first kappa shape index (κ1) is 11.4. The maximum absolute atomic E-state index is 11.8. The van der Waals surface area contributed by atoms with Gasteiger partial charge in [-0.2, -0.15) is 0 Å². The number of ether oxygens (including phenoxy) is 1. The summed E-state index contributed by atoms with van der Waals surface area (Å²) < 4.78 is 5.65. The number of carbonyl (C=O) groups excluding carboxylic acids is 1. The topological polar surface area (TPSA) is 64.1 Å². The highest BCUT2D eigenvalue weighted by atomic mass is 16.6. The first-order valence-corrected chi connectivity index (χ1v) is 6.55. The van der Waals surface area contributed by atoms with Crippen molar-refractivity contribution >= 4 is 11.9 Å². The van der Waals surface area contributed by atoms with E-state index in [0.29, 0.717) is 18.7 Å². The van der Waals surface area contributed by atoms with Gasteiger partial charge in [0.2, 0.25) is 0 Å². The predicted molar refractivity (Wildman–Crippen MR) is 72.4 cm³/mol. The van der Waals surface area contributed by atoms with Crippen LogP contribution in [0, 0.1) is 6.92 Å². The predicted octanol–water partition coefficient (Wildman–Crippen LogP) is 2.34. The molecular weight excluding hydrogens is 254 g/mol. The van der Waals surface area contributed by atoms with Gasteiger partial charge in [0.25, 0.3) is 0 Å². The van der Waals surface area contributed by atoms with Gasteiger partial charge in [-0.15, -0.1) is 0 Å². The number of aromatic nitrogens is 2. The fourth-order valence-corrected chi connectivity index (χ4v) is 3.15. The van der Waals surface area contributed by atoms with E-state index in [9.17, 15) is 4.79 Å². The zero-order chi connectivity index (χ0) is 13.7. The van der Waals surface area contributed by atoms with Crippen LogP contribution in [0.4, 0.5) is 10.6 Å². The summed E-state index contributed by atoms with van der Waals surface area (Å²) in [5.41, 5.74) is 3.86. The van der Waals surface area contributed by atoms with E-state index in [-0.39, 0.29) is 0 Å². The number of hydrogen-bond donors (Lipinski definition) is 1. The normalized spacial score (nSPS) is 22.9. The van der Waals surface area contributed by atoms with Crippen molar-refractivity contribution in [3.63, 3.8) is 0 Å². The molecule has 2 aliphatic rings. The second-order valence-electron chi connectivity index (χ2n) is 5.42. The Bertz CT molecular complexity index is 729. The van der Waals surface area contributed by atoms with E-state index in [1.807, 2.05) is 0 Å². The Morgan fingerprint density at radius 1 is 1.30 bits per heavy atom. The van der Waals surface area contributed by atoms with Crippen LogP contribution in [0.25, 0.3) is 0 Å². The summed E-state index contributed by atoms with van der Waals surface area (Å²) in [6, 6.07) is 6.35. The maximum Gasteiger partial charge on any atom is 0.413 e. The molecule has 1 amide bonds. The van der Waals surface area contributed by atoms with E-state index in [0.717, 1.165) is 5.56 Å². The molecule has 5 nitrogen and oxygen atoms in total. The smallest absolute Gasteiger partial charge is 0.413 e. The Morgan fingerprint density at radius 2 is 2.15 bits per heavy atom. The summed E-state index contributed by atoms with van der Waals surface area (Å²) in [4.78, 5) is 20.0. The highest BCUT2D eigenvalue weighted by molar-refractivity contribution is 5.87. The van der Waals surface area contributed by atoms with E-state index in [1.165, 1.54) is 23.0 Å². The lowest BCUT2D eigenvalue weighted by atomic mass is 9.91. The van der Waals surface area contributed by atoms with E-state index in [2.05, 4.69) is 40.4 Å². The lowest BCUT2D eigenvalue weighted by Gasteiger charge is -2.34. The largest absolute Gasteiger partial charge is 0.437 e. The molecule has 1 atom stereocenters. The Labute approximate surface area is 116 Å². The molecule has 1 spiro atoms. The number of aryl methyl sites for hydroxylation is 1. The Kier molecular flexibility index (Phi) is 2.16. The van der Waals surface area contributed by atoms with Crippen LogP contribution >= 0.6 is 0 Å². The van der Waals surface area contributed by atoms with E-state index in [4.69, 9.17) is 4.74 Å². The number of anilines is 1. The standard InChI is InChI=1S/C15H13N3O2/c1-9-2-3-10-5-15(6-11(10)4-9)12-7-16-8-17-13(12)18-14(19)20-15/h2-4,7-8H,5-6H2,1H3,(H,16,17,18,19). The summed E-state index contributed by atoms with van der Waals surface area (Å²) >= 11 is 0. The summed E-state index contributed by atoms with van der Waals surface area (Å²) in [5, 5.41) is 2.64. The quantitative estimate of drug-likeness (QED) is 0.795. The number of nitrogens with zero attached hydrogens (tertiary/aromatic N) is 2. The monoisotopic (exact) mass is 267 g/mol. The van der Waals surface area contributed by atoms with Crippen LogP contribution in [-0.4, -0.2) is 16.1 Å². The van der Waals surface area contributed by atoms with E-state index < -0.39 is 11.7 Å². The van der Waals surface area contributed by atoms with Crippen molar-refractivity contribution < 1.29 is 9.53 Å². The summed E-state index contributed by atoms with van der Waals surface area (Å²) in [6.07, 6.45) is 4.08. The van der Waals surface area contributed by atoms with Crippen molar-refractivity contribution in [1.29, 1.82) is 0 Å². The van der Waals surface area contributed by atoms with Crippen LogP contribution in [0.5, 0.6) is 0 Å². The van der Waals surface area contributed by atoms with Crippen LogP contribution in [0.15, 0.2) is 30.7 Å². The highest BCUT2D eigenvalue weighted by Gasteiger charge is 2.47. The minimum atomic E-state index is -0.658. The third-order valence-electron chi connectivity index (χ3n) is 4.03. The van der Waals surface area contributed by atoms with Crippen LogP contribution in [0.3, 0.4) is 0 Å². The van der Waals surface area contributed by atoms with Gasteiger partial charge in [-0.25, -0.2) is 14.8 Å². The van der Waals surface area contributed by atoms with Crippen LogP contribution in [0.1, 0.15) is 22.3 Å². The third-order valence-corrected chi connectivity index (χ3v) is 4.03. The number of benzene rings is 1. The summed E-state index contributed by atoms with van der Waals surface area (Å²) in [5.74, 6) is 0.556. The number of rotatable bonds is 0. The molecule has 0 fully saturated rings. The minimum Gasteiger partial charge on any atom is -0.437 e. The molecule has 20 heavy (non-hydrogen) atoms. The van der Waals surface area contributed by atoms with Crippen molar-refractivity contribution in [1.82, 2.24) is 9.97 Å². The van der Waals surface area contributed by atoms with Crippen molar-refractivity contribution in [2.45, 2.75) is 25.4 Å². The zero-order valence-electron chi connectivity index (χ0n) is 11.0. The number of carbonyl (C=O) groups is 1. The molecule has 2 aromatic rings. The second kappa shape index (κ2) is 3.79. The molecular formula is C15H13N3O2. The average Bonchev–Trinajstić information content (AvgIpc) is 2.76. The Hall–Kier alpha value is -2.43. The zero-order valence-corrected chi connectivity index (χ0v) is 11.0. The van der Waals surface area contributed by atoms with E-state index in [1.54, 1.807) is 6.20 Å². The van der Waals surface area contributed by atoms with Gasteiger partial charge in [0.05, 0.1) is 5.56 Å². The molecule has 4 rings (SSSR count). The molecule has 1 unspecified atom stereocenters. The fourth-order valence-electron chi connectivity index (χ4n) is 3.15. The number of nitrogens with one attached hydrogen (secondary N) is 1. The van der Waals surface area contributed by atoms with Gasteiger partial charge < -0.3 is 4.74 Å². The molecule has 5 heteroatoms. The number of fused-ring (bicyclic) bond motifs is 3. The second-order valence-corrected chi connectivity index (χ2v) is 5.42. The molecule has 0 bridgehead atoms. The van der Waals surface area contributed by atoms with Crippen molar-refractivity contribution in [3.8, 4) is 0 Å². The van der Waals surface area contributed by atoms with E-state index >= 15 is 0 Å². The van der Waals surface area contributed by atoms with Gasteiger partial charge in [0.1, 0.15) is 12.1 Å². The van der Waals surface area contributed by atoms with Gasteiger partial charge in [0.15, 0.2) is 5.60 Å². The molecule has 1 aromatic carbocycles. The van der Waals surface area contributed by atoms with Crippen LogP contribution < -0.4 is 5.32 Å². The van der Waals surface area contributed by atoms with Gasteiger partial charge >= 0.3 is 6.09 Å². The van der Waals surface area contributed by atoms with Crippen molar-refractivity contribution in [2.75, 3.05) is 5.32 Å². The Morgan fingerprint density at radius 3 is 3.05 bits per heavy atom. The molecule has 1 aliphatic heterocycles. The SMILES string of the molecule is Cc1ccc2c(c1)CC1(C2)OC(=O)Nc2ncncc21.